The lowest BCUT2D eigenvalue weighted by atomic mass is 10.1. The van der Waals surface area contributed by atoms with Crippen molar-refractivity contribution in [3.8, 4) is 0 Å². The Balaban J connectivity index is 0.000000956. The highest BCUT2D eigenvalue weighted by atomic mass is 19.3. The van der Waals surface area contributed by atoms with Crippen LogP contribution in [0.3, 0.4) is 0 Å². The Morgan fingerprint density at radius 1 is 1.05 bits per heavy atom. The van der Waals surface area contributed by atoms with Gasteiger partial charge >= 0.3 is 0 Å². The molecule has 1 aliphatic rings. The van der Waals surface area contributed by atoms with Gasteiger partial charge in [0.1, 0.15) is 0 Å². The van der Waals surface area contributed by atoms with Gasteiger partial charge in [-0.25, -0.2) is 8.78 Å². The fourth-order valence-corrected chi connectivity index (χ4v) is 2.06. The highest BCUT2D eigenvalue weighted by Crippen LogP contribution is 2.28. The summed E-state index contributed by atoms with van der Waals surface area (Å²) in [5, 5.41) is 0. The van der Waals surface area contributed by atoms with Crippen LogP contribution in [-0.2, 0) is 0 Å². The van der Waals surface area contributed by atoms with E-state index in [0.717, 1.165) is 0 Å². The fourth-order valence-electron chi connectivity index (χ4n) is 2.06. The number of halogens is 2. The molecule has 1 aromatic carbocycles. The van der Waals surface area contributed by atoms with E-state index >= 15 is 0 Å². The maximum absolute atomic E-state index is 13.5. The summed E-state index contributed by atoms with van der Waals surface area (Å²) in [7, 11) is 0. The number of hydrogen-bond acceptors (Lipinski definition) is 2. The van der Waals surface area contributed by atoms with Gasteiger partial charge in [0.05, 0.1) is 17.7 Å². The van der Waals surface area contributed by atoms with Crippen LogP contribution in [0.1, 0.15) is 54.3 Å². The molecule has 5 heteroatoms. The Morgan fingerprint density at radius 3 is 1.90 bits per heavy atom. The van der Waals surface area contributed by atoms with Crippen molar-refractivity contribution in [1.29, 1.82) is 0 Å². The van der Waals surface area contributed by atoms with E-state index in [1.54, 1.807) is 19.1 Å². The van der Waals surface area contributed by atoms with Gasteiger partial charge in [-0.2, -0.15) is 0 Å². The van der Waals surface area contributed by atoms with E-state index in [2.05, 4.69) is 0 Å². The van der Waals surface area contributed by atoms with E-state index in [0.29, 0.717) is 11.3 Å². The number of imide groups is 1. The normalized spacial score (nSPS) is 13.9. The molecule has 0 aromatic heterocycles. The zero-order chi connectivity index (χ0) is 15.3. The first-order valence-corrected chi connectivity index (χ1v) is 6.79. The molecule has 1 aliphatic heterocycles. The summed E-state index contributed by atoms with van der Waals surface area (Å²) >= 11 is 0. The average Bonchev–Trinajstić information content (AvgIpc) is 2.66. The number of carbonyl (C=O) groups excluding carboxylic acids is 2. The first-order chi connectivity index (χ1) is 9.46. The van der Waals surface area contributed by atoms with Crippen molar-refractivity contribution >= 4 is 11.8 Å². The molecule has 3 nitrogen and oxygen atoms in total. The lowest BCUT2D eigenvalue weighted by molar-refractivity contribution is -0.0296. The lowest BCUT2D eigenvalue weighted by Crippen LogP contribution is -2.40. The molecule has 0 fully saturated rings. The second-order valence-corrected chi connectivity index (χ2v) is 4.35. The molecule has 0 aliphatic carbocycles. The second kappa shape index (κ2) is 6.59. The summed E-state index contributed by atoms with van der Waals surface area (Å²) in [4.78, 5) is 24.4. The molecule has 1 aromatic rings. The molecule has 0 bridgehead atoms. The summed E-state index contributed by atoms with van der Waals surface area (Å²) in [6.45, 7) is 4.80. The maximum atomic E-state index is 13.5. The van der Waals surface area contributed by atoms with E-state index in [4.69, 9.17) is 0 Å². The van der Waals surface area contributed by atoms with Crippen LogP contribution in [0.25, 0.3) is 0 Å². The predicted molar refractivity (Wildman–Crippen MR) is 73.0 cm³/mol. The van der Waals surface area contributed by atoms with E-state index in [-0.39, 0.29) is 17.5 Å². The summed E-state index contributed by atoms with van der Waals surface area (Å²) in [6.07, 6.45) is -0.0312. The number of hydrogen-bond donors (Lipinski definition) is 0. The molecule has 0 N–H and O–H groups in total. The van der Waals surface area contributed by atoms with Crippen LogP contribution in [0, 0.1) is 0 Å². The Morgan fingerprint density at radius 2 is 1.50 bits per heavy atom. The van der Waals surface area contributed by atoms with Gasteiger partial charge in [-0.15, -0.1) is 0 Å². The third-order valence-corrected chi connectivity index (χ3v) is 2.88. The van der Waals surface area contributed by atoms with Crippen molar-refractivity contribution in [2.45, 2.75) is 39.5 Å². The van der Waals surface area contributed by atoms with Gasteiger partial charge in [0, 0.05) is 6.42 Å². The fraction of sp³-hybridized carbons (Fsp3) is 0.467. The van der Waals surface area contributed by atoms with Gasteiger partial charge in [-0.1, -0.05) is 39.3 Å². The minimum Gasteiger partial charge on any atom is -0.269 e. The van der Waals surface area contributed by atoms with Crippen molar-refractivity contribution in [1.82, 2.24) is 4.90 Å². The summed E-state index contributed by atoms with van der Waals surface area (Å²) in [6, 6.07) is 6.18. The van der Waals surface area contributed by atoms with Crippen molar-refractivity contribution in [2.24, 2.45) is 0 Å². The minimum atomic E-state index is -3.03. The third kappa shape index (κ3) is 3.21. The second-order valence-electron chi connectivity index (χ2n) is 4.35. The Hall–Kier alpha value is -1.78. The topological polar surface area (TPSA) is 37.4 Å². The van der Waals surface area contributed by atoms with Gasteiger partial charge in [0.25, 0.3) is 17.7 Å². The summed E-state index contributed by atoms with van der Waals surface area (Å²) < 4.78 is 27.0. The molecule has 2 amide bonds. The highest BCUT2D eigenvalue weighted by molar-refractivity contribution is 6.21. The third-order valence-electron chi connectivity index (χ3n) is 2.88. The zero-order valence-electron chi connectivity index (χ0n) is 12.0. The van der Waals surface area contributed by atoms with E-state index in [9.17, 15) is 18.4 Å². The largest absolute Gasteiger partial charge is 0.269 e. The predicted octanol–water partition coefficient (Wildman–Crippen LogP) is 3.74. The summed E-state index contributed by atoms with van der Waals surface area (Å²) in [5.41, 5.74) is 0.407. The van der Waals surface area contributed by atoms with Crippen LogP contribution >= 0.6 is 0 Å². The Labute approximate surface area is 117 Å². The first-order valence-electron chi connectivity index (χ1n) is 6.79. The smallest absolute Gasteiger partial charge is 0.265 e. The van der Waals surface area contributed by atoms with Gasteiger partial charge in [0.2, 0.25) is 0 Å². The molecule has 2 rings (SSSR count). The van der Waals surface area contributed by atoms with Crippen LogP contribution < -0.4 is 0 Å². The molecule has 110 valence electrons. The van der Waals surface area contributed by atoms with Gasteiger partial charge in [0.15, 0.2) is 0 Å². The number of carbonyl (C=O) groups is 2. The number of alkyl halides is 2. The highest BCUT2D eigenvalue weighted by Gasteiger charge is 2.41. The Bertz CT molecular complexity index is 465. The van der Waals surface area contributed by atoms with Crippen LogP contribution in [0.2, 0.25) is 0 Å². The molecular weight excluding hydrogens is 264 g/mol. The number of nitrogens with zero attached hydrogens (tertiary/aromatic N) is 1. The monoisotopic (exact) mass is 283 g/mol. The molecule has 0 radical (unpaired) electrons. The quantitative estimate of drug-likeness (QED) is 0.789. The average molecular weight is 283 g/mol. The minimum absolute atomic E-state index is 0.204. The van der Waals surface area contributed by atoms with Crippen molar-refractivity contribution in [3.05, 3.63) is 35.4 Å². The van der Waals surface area contributed by atoms with Gasteiger partial charge < -0.3 is 0 Å². The molecule has 0 saturated carbocycles. The van der Waals surface area contributed by atoms with Crippen molar-refractivity contribution < 1.29 is 18.4 Å². The molecule has 0 unspecified atom stereocenters. The maximum Gasteiger partial charge on any atom is 0.265 e. The Kier molecular flexibility index (Phi) is 5.36. The first kappa shape index (κ1) is 16.3. The van der Waals surface area contributed by atoms with Crippen LogP contribution in [-0.4, -0.2) is 29.2 Å². The molecule has 1 heterocycles. The zero-order valence-corrected chi connectivity index (χ0v) is 12.0. The number of benzene rings is 1. The SMILES string of the molecule is CC.CCCC(F)(F)CN1C(=O)c2ccccc2C1=O. The lowest BCUT2D eigenvalue weighted by Gasteiger charge is -2.21. The molecule has 0 atom stereocenters. The number of fused-ring (bicyclic) bond motifs is 1. The van der Waals surface area contributed by atoms with E-state index in [1.165, 1.54) is 12.1 Å². The van der Waals surface area contributed by atoms with Crippen molar-refractivity contribution in [3.63, 3.8) is 0 Å². The molecule has 0 spiro atoms. The molecule has 0 saturated heterocycles. The van der Waals surface area contributed by atoms with Crippen LogP contribution in [0.5, 0.6) is 0 Å². The van der Waals surface area contributed by atoms with E-state index in [1.807, 2.05) is 13.8 Å². The molecular formula is C15H19F2NO2. The van der Waals surface area contributed by atoms with Crippen LogP contribution in [0.4, 0.5) is 8.78 Å². The van der Waals surface area contributed by atoms with Gasteiger partial charge in [-0.3, -0.25) is 14.5 Å². The van der Waals surface area contributed by atoms with Crippen LogP contribution in [0.15, 0.2) is 24.3 Å². The van der Waals surface area contributed by atoms with Gasteiger partial charge in [-0.05, 0) is 12.1 Å². The standard InChI is InChI=1S/C13H13F2NO2.C2H6/c1-2-7-13(14,15)8-16-11(17)9-5-3-4-6-10(9)12(16)18;1-2/h3-6H,2,7-8H2,1H3;1-2H3. The van der Waals surface area contributed by atoms with Crippen molar-refractivity contribution in [2.75, 3.05) is 6.54 Å². The van der Waals surface area contributed by atoms with E-state index < -0.39 is 24.3 Å². The molecule has 20 heavy (non-hydrogen) atoms. The summed E-state index contributed by atoms with van der Waals surface area (Å²) in [5.74, 6) is -4.29. The number of rotatable bonds is 4. The number of amides is 2.